The zero-order chi connectivity index (χ0) is 14.8. The van der Waals surface area contributed by atoms with Crippen LogP contribution in [0.5, 0.6) is 5.75 Å². The van der Waals surface area contributed by atoms with E-state index in [0.717, 1.165) is 31.1 Å². The average Bonchev–Trinajstić information content (AvgIpc) is 3.02. The third kappa shape index (κ3) is 2.81. The Morgan fingerprint density at radius 3 is 2.71 bits per heavy atom. The van der Waals surface area contributed by atoms with E-state index in [1.54, 1.807) is 17.4 Å². The summed E-state index contributed by atoms with van der Waals surface area (Å²) in [5, 5.41) is 15.7. The van der Waals surface area contributed by atoms with Crippen LogP contribution in [0, 0.1) is 12.7 Å². The number of aromatic hydroxyl groups is 1. The van der Waals surface area contributed by atoms with Gasteiger partial charge in [0.1, 0.15) is 11.6 Å². The number of piperazine rings is 1. The third-order valence-corrected chi connectivity index (χ3v) is 4.89. The van der Waals surface area contributed by atoms with E-state index >= 15 is 0 Å². The molecule has 0 unspecified atom stereocenters. The van der Waals surface area contributed by atoms with Gasteiger partial charge in [-0.05, 0) is 30.0 Å². The zero-order valence-corrected chi connectivity index (χ0v) is 12.8. The van der Waals surface area contributed by atoms with E-state index in [-0.39, 0.29) is 17.6 Å². The number of halogens is 1. The molecule has 0 aliphatic carbocycles. The normalized spacial score (nSPS) is 17.8. The van der Waals surface area contributed by atoms with Gasteiger partial charge in [-0.25, -0.2) is 4.39 Å². The molecule has 3 nitrogen and oxygen atoms in total. The van der Waals surface area contributed by atoms with E-state index in [1.165, 1.54) is 6.07 Å². The molecule has 112 valence electrons. The number of nitrogens with one attached hydrogen (secondary N) is 1. The van der Waals surface area contributed by atoms with Gasteiger partial charge in [0.25, 0.3) is 0 Å². The summed E-state index contributed by atoms with van der Waals surface area (Å²) in [7, 11) is 0. The molecule has 1 aliphatic heterocycles. The first-order valence-electron chi connectivity index (χ1n) is 7.14. The highest BCUT2D eigenvalue weighted by Gasteiger charge is 2.30. The number of nitrogens with zero attached hydrogens (tertiary/aromatic N) is 1. The van der Waals surface area contributed by atoms with Crippen LogP contribution in [0.25, 0.3) is 0 Å². The van der Waals surface area contributed by atoms with Crippen LogP contribution in [-0.4, -0.2) is 36.2 Å². The summed E-state index contributed by atoms with van der Waals surface area (Å²) in [6, 6.07) is 6.84. The highest BCUT2D eigenvalue weighted by atomic mass is 32.1. The number of phenols is 1. The number of hydrogen-bond donors (Lipinski definition) is 2. The maximum Gasteiger partial charge on any atom is 0.132 e. The summed E-state index contributed by atoms with van der Waals surface area (Å²) in [4.78, 5) is 3.30. The zero-order valence-electron chi connectivity index (χ0n) is 12.0. The number of hydrogen-bond acceptors (Lipinski definition) is 4. The first kappa shape index (κ1) is 14.5. The Morgan fingerprint density at radius 1 is 1.29 bits per heavy atom. The SMILES string of the molecule is Cc1ccc(F)c([C@@H](c2cccs2)N2CCNCC2)c1O. The van der Waals surface area contributed by atoms with Gasteiger partial charge >= 0.3 is 0 Å². The van der Waals surface area contributed by atoms with Gasteiger partial charge in [0.2, 0.25) is 0 Å². The van der Waals surface area contributed by atoms with Crippen molar-refractivity contribution < 1.29 is 9.50 Å². The second-order valence-corrected chi connectivity index (χ2v) is 6.31. The Labute approximate surface area is 128 Å². The van der Waals surface area contributed by atoms with Gasteiger partial charge in [0.05, 0.1) is 11.6 Å². The van der Waals surface area contributed by atoms with Crippen molar-refractivity contribution in [2.75, 3.05) is 26.2 Å². The molecule has 0 spiro atoms. The fourth-order valence-electron chi connectivity index (χ4n) is 2.84. The Bertz CT molecular complexity index is 609. The van der Waals surface area contributed by atoms with Crippen LogP contribution in [0.15, 0.2) is 29.6 Å². The van der Waals surface area contributed by atoms with Gasteiger partial charge in [0.15, 0.2) is 0 Å². The number of thiophene rings is 1. The minimum Gasteiger partial charge on any atom is -0.507 e. The second kappa shape index (κ2) is 6.13. The summed E-state index contributed by atoms with van der Waals surface area (Å²) < 4.78 is 14.4. The van der Waals surface area contributed by atoms with Crippen LogP contribution in [0.2, 0.25) is 0 Å². The van der Waals surface area contributed by atoms with Crippen molar-refractivity contribution >= 4 is 11.3 Å². The van der Waals surface area contributed by atoms with Gasteiger partial charge in [-0.3, -0.25) is 4.90 Å². The molecule has 1 aromatic heterocycles. The Morgan fingerprint density at radius 2 is 2.05 bits per heavy atom. The number of rotatable bonds is 3. The largest absolute Gasteiger partial charge is 0.507 e. The predicted molar refractivity (Wildman–Crippen MR) is 83.4 cm³/mol. The molecule has 1 aromatic carbocycles. The lowest BCUT2D eigenvalue weighted by molar-refractivity contribution is 0.194. The molecular weight excluding hydrogens is 287 g/mol. The van der Waals surface area contributed by atoms with E-state index in [9.17, 15) is 9.50 Å². The van der Waals surface area contributed by atoms with Crippen molar-refractivity contribution in [1.29, 1.82) is 0 Å². The summed E-state index contributed by atoms with van der Waals surface area (Å²) >= 11 is 1.60. The van der Waals surface area contributed by atoms with Crippen molar-refractivity contribution in [2.24, 2.45) is 0 Å². The van der Waals surface area contributed by atoms with Crippen molar-refractivity contribution in [3.05, 3.63) is 51.5 Å². The fourth-order valence-corrected chi connectivity index (χ4v) is 3.71. The van der Waals surface area contributed by atoms with Gasteiger partial charge in [0, 0.05) is 31.1 Å². The van der Waals surface area contributed by atoms with E-state index in [2.05, 4.69) is 10.2 Å². The van der Waals surface area contributed by atoms with E-state index in [0.29, 0.717) is 11.1 Å². The van der Waals surface area contributed by atoms with E-state index in [1.807, 2.05) is 24.4 Å². The number of benzene rings is 1. The smallest absolute Gasteiger partial charge is 0.132 e. The molecule has 2 N–H and O–H groups in total. The second-order valence-electron chi connectivity index (χ2n) is 5.33. The summed E-state index contributed by atoms with van der Waals surface area (Å²) in [5.41, 5.74) is 1.11. The topological polar surface area (TPSA) is 35.5 Å². The quantitative estimate of drug-likeness (QED) is 0.915. The molecule has 1 fully saturated rings. The van der Waals surface area contributed by atoms with Crippen LogP contribution < -0.4 is 5.32 Å². The van der Waals surface area contributed by atoms with Gasteiger partial charge < -0.3 is 10.4 Å². The maximum atomic E-state index is 14.4. The molecule has 0 amide bonds. The molecule has 1 atom stereocenters. The van der Waals surface area contributed by atoms with Gasteiger partial charge in [-0.1, -0.05) is 12.1 Å². The Kier molecular flexibility index (Phi) is 4.24. The fraction of sp³-hybridized carbons (Fsp3) is 0.375. The van der Waals surface area contributed by atoms with Gasteiger partial charge in [-0.15, -0.1) is 11.3 Å². The molecule has 2 aromatic rings. The van der Waals surface area contributed by atoms with Crippen molar-refractivity contribution in [3.63, 3.8) is 0 Å². The summed E-state index contributed by atoms with van der Waals surface area (Å²) in [5.74, 6) is -0.262. The van der Waals surface area contributed by atoms with Crippen LogP contribution in [0.1, 0.15) is 22.0 Å². The van der Waals surface area contributed by atoms with Crippen molar-refractivity contribution in [1.82, 2.24) is 10.2 Å². The van der Waals surface area contributed by atoms with Crippen LogP contribution in [-0.2, 0) is 0 Å². The summed E-state index contributed by atoms with van der Waals surface area (Å²) in [6.45, 7) is 5.26. The molecule has 0 saturated carbocycles. The molecule has 5 heteroatoms. The lowest BCUT2D eigenvalue weighted by Crippen LogP contribution is -2.45. The van der Waals surface area contributed by atoms with Crippen molar-refractivity contribution in [2.45, 2.75) is 13.0 Å². The maximum absolute atomic E-state index is 14.4. The Balaban J connectivity index is 2.09. The highest BCUT2D eigenvalue weighted by molar-refractivity contribution is 7.10. The molecule has 0 radical (unpaired) electrons. The molecule has 21 heavy (non-hydrogen) atoms. The molecule has 3 rings (SSSR count). The predicted octanol–water partition coefficient (Wildman–Crippen LogP) is 2.90. The van der Waals surface area contributed by atoms with Gasteiger partial charge in [-0.2, -0.15) is 0 Å². The molecular formula is C16H19FN2OS. The highest BCUT2D eigenvalue weighted by Crippen LogP contribution is 2.39. The van der Waals surface area contributed by atoms with Crippen molar-refractivity contribution in [3.8, 4) is 5.75 Å². The molecule has 1 aliphatic rings. The monoisotopic (exact) mass is 306 g/mol. The molecule has 1 saturated heterocycles. The minimum atomic E-state index is -0.338. The third-order valence-electron chi connectivity index (χ3n) is 3.97. The van der Waals surface area contributed by atoms with E-state index in [4.69, 9.17) is 0 Å². The Hall–Kier alpha value is -1.43. The lowest BCUT2D eigenvalue weighted by Gasteiger charge is -2.35. The minimum absolute atomic E-state index is 0.0759. The van der Waals surface area contributed by atoms with E-state index < -0.39 is 0 Å². The first-order valence-corrected chi connectivity index (χ1v) is 8.02. The van der Waals surface area contributed by atoms with Crippen LogP contribution >= 0.6 is 11.3 Å². The molecule has 0 bridgehead atoms. The average molecular weight is 306 g/mol. The number of aryl methyl sites for hydroxylation is 1. The van der Waals surface area contributed by atoms with Crippen LogP contribution in [0.4, 0.5) is 4.39 Å². The number of phenolic OH excluding ortho intramolecular Hbond substituents is 1. The molecule has 2 heterocycles. The summed E-state index contributed by atoms with van der Waals surface area (Å²) in [6.07, 6.45) is 0. The van der Waals surface area contributed by atoms with Crippen LogP contribution in [0.3, 0.4) is 0 Å². The standard InChI is InChI=1S/C16H19FN2OS/c1-11-4-5-12(17)14(16(11)20)15(13-3-2-10-21-13)19-8-6-18-7-9-19/h2-5,10,15,18,20H,6-9H2,1H3/t15-/m1/s1. The lowest BCUT2D eigenvalue weighted by atomic mass is 9.98. The first-order chi connectivity index (χ1) is 10.2.